The molecule has 1 aliphatic carbocycles. The number of nitrogens with one attached hydrogen (secondary N) is 1. The quantitative estimate of drug-likeness (QED) is 0.797. The number of carbonyl (C=O) groups is 1. The van der Waals surface area contributed by atoms with E-state index in [0.717, 1.165) is 30.4 Å². The van der Waals surface area contributed by atoms with E-state index in [0.29, 0.717) is 34.1 Å². The van der Waals surface area contributed by atoms with Gasteiger partial charge in [0.2, 0.25) is 0 Å². The van der Waals surface area contributed by atoms with E-state index >= 15 is 0 Å². The number of hydrogen-bond acceptors (Lipinski definition) is 2. The number of aromatic nitrogens is 1. The van der Waals surface area contributed by atoms with E-state index in [-0.39, 0.29) is 5.78 Å². The Kier molecular flexibility index (Phi) is 4.25. The van der Waals surface area contributed by atoms with Crippen LogP contribution in [0.15, 0.2) is 18.3 Å². The molecule has 0 atom stereocenters. The van der Waals surface area contributed by atoms with Crippen LogP contribution in [-0.4, -0.2) is 23.5 Å². The van der Waals surface area contributed by atoms with Crippen molar-refractivity contribution < 1.29 is 9.53 Å². The van der Waals surface area contributed by atoms with Crippen LogP contribution in [0.4, 0.5) is 0 Å². The second kappa shape index (κ2) is 5.99. The molecule has 0 saturated heterocycles. The van der Waals surface area contributed by atoms with Gasteiger partial charge in [0.25, 0.3) is 0 Å². The molecular formula is C16H17Cl2NO2. The van der Waals surface area contributed by atoms with Crippen LogP contribution in [0.1, 0.15) is 36.5 Å². The number of carbonyl (C=O) groups excluding carboxylic acids is 1. The third kappa shape index (κ3) is 2.96. The molecule has 1 saturated carbocycles. The van der Waals surface area contributed by atoms with Gasteiger partial charge in [-0.05, 0) is 37.8 Å². The van der Waals surface area contributed by atoms with E-state index < -0.39 is 0 Å². The standard InChI is InChI=1S/C16H17Cl2NO2/c1-2-21-11-3-9(4-11)5-15(20)12-8-19-14-7-10(17)6-13(18)16(12)14/h6-9,11,19H,2-5H2,1H3. The summed E-state index contributed by atoms with van der Waals surface area (Å²) in [6.07, 6.45) is 4.56. The zero-order chi connectivity index (χ0) is 15.0. The minimum atomic E-state index is 0.130. The summed E-state index contributed by atoms with van der Waals surface area (Å²) in [5.41, 5.74) is 1.46. The van der Waals surface area contributed by atoms with Crippen molar-refractivity contribution in [2.24, 2.45) is 5.92 Å². The smallest absolute Gasteiger partial charge is 0.165 e. The number of ether oxygens (including phenoxy) is 1. The highest BCUT2D eigenvalue weighted by molar-refractivity contribution is 6.39. The zero-order valence-electron chi connectivity index (χ0n) is 11.8. The van der Waals surface area contributed by atoms with Crippen molar-refractivity contribution in [3.05, 3.63) is 33.9 Å². The molecule has 1 heterocycles. The molecule has 5 heteroatoms. The number of halogens is 2. The molecule has 0 aliphatic heterocycles. The summed E-state index contributed by atoms with van der Waals surface area (Å²) in [5, 5.41) is 1.85. The van der Waals surface area contributed by atoms with Gasteiger partial charge in [0.1, 0.15) is 0 Å². The van der Waals surface area contributed by atoms with Crippen molar-refractivity contribution in [3.63, 3.8) is 0 Å². The van der Waals surface area contributed by atoms with Crippen LogP contribution in [0.5, 0.6) is 0 Å². The molecule has 2 aromatic rings. The third-order valence-corrected chi connectivity index (χ3v) is 4.58. The fourth-order valence-corrected chi connectivity index (χ4v) is 3.58. The number of benzene rings is 1. The molecule has 0 spiro atoms. The fourth-order valence-electron chi connectivity index (χ4n) is 2.99. The predicted molar refractivity (Wildman–Crippen MR) is 85.4 cm³/mol. The normalized spacial score (nSPS) is 21.5. The lowest BCUT2D eigenvalue weighted by Crippen LogP contribution is -2.32. The lowest BCUT2D eigenvalue weighted by molar-refractivity contribution is -0.0245. The number of ketones is 1. The monoisotopic (exact) mass is 325 g/mol. The first-order chi connectivity index (χ1) is 10.1. The summed E-state index contributed by atoms with van der Waals surface area (Å²) in [6, 6.07) is 3.46. The number of hydrogen-bond donors (Lipinski definition) is 1. The summed E-state index contributed by atoms with van der Waals surface area (Å²) in [4.78, 5) is 15.5. The highest BCUT2D eigenvalue weighted by atomic mass is 35.5. The Balaban J connectivity index is 1.74. The van der Waals surface area contributed by atoms with E-state index in [9.17, 15) is 4.79 Å². The summed E-state index contributed by atoms with van der Waals surface area (Å²) in [5.74, 6) is 0.551. The van der Waals surface area contributed by atoms with E-state index in [1.807, 2.05) is 6.92 Å². The Morgan fingerprint density at radius 3 is 2.86 bits per heavy atom. The van der Waals surface area contributed by atoms with E-state index in [4.69, 9.17) is 27.9 Å². The van der Waals surface area contributed by atoms with Gasteiger partial charge in [0.05, 0.1) is 11.1 Å². The second-order valence-electron chi connectivity index (χ2n) is 5.55. The van der Waals surface area contributed by atoms with Gasteiger partial charge in [-0.3, -0.25) is 4.79 Å². The molecule has 0 radical (unpaired) electrons. The van der Waals surface area contributed by atoms with Gasteiger partial charge in [0.15, 0.2) is 5.78 Å². The van der Waals surface area contributed by atoms with Crippen LogP contribution in [0.3, 0.4) is 0 Å². The Hall–Kier alpha value is -1.03. The van der Waals surface area contributed by atoms with Crippen LogP contribution in [0.25, 0.3) is 10.9 Å². The molecular weight excluding hydrogens is 309 g/mol. The molecule has 21 heavy (non-hydrogen) atoms. The molecule has 0 amide bonds. The van der Waals surface area contributed by atoms with E-state index in [1.54, 1.807) is 18.3 Å². The molecule has 112 valence electrons. The number of aromatic amines is 1. The average Bonchev–Trinajstić information content (AvgIpc) is 2.80. The molecule has 3 rings (SSSR count). The molecule has 0 bridgehead atoms. The highest BCUT2D eigenvalue weighted by Gasteiger charge is 2.31. The Bertz CT molecular complexity index is 674. The zero-order valence-corrected chi connectivity index (χ0v) is 13.3. The largest absolute Gasteiger partial charge is 0.378 e. The van der Waals surface area contributed by atoms with Crippen molar-refractivity contribution in [1.29, 1.82) is 0 Å². The van der Waals surface area contributed by atoms with Gasteiger partial charge in [-0.2, -0.15) is 0 Å². The minimum absolute atomic E-state index is 0.130. The first-order valence-electron chi connectivity index (χ1n) is 7.19. The van der Waals surface area contributed by atoms with Crippen molar-refractivity contribution in [1.82, 2.24) is 4.98 Å². The Labute approximate surface area is 133 Å². The molecule has 0 unspecified atom stereocenters. The minimum Gasteiger partial charge on any atom is -0.378 e. The third-order valence-electron chi connectivity index (χ3n) is 4.07. The van der Waals surface area contributed by atoms with Crippen LogP contribution in [0.2, 0.25) is 10.0 Å². The van der Waals surface area contributed by atoms with Crippen LogP contribution < -0.4 is 0 Å². The Morgan fingerprint density at radius 2 is 2.14 bits per heavy atom. The summed E-state index contributed by atoms with van der Waals surface area (Å²) < 4.78 is 5.53. The maximum Gasteiger partial charge on any atom is 0.165 e. The molecule has 1 aromatic heterocycles. The molecule has 1 aliphatic rings. The van der Waals surface area contributed by atoms with Crippen molar-refractivity contribution in [2.45, 2.75) is 32.3 Å². The molecule has 1 aromatic carbocycles. The van der Waals surface area contributed by atoms with Crippen molar-refractivity contribution >= 4 is 39.9 Å². The molecule has 3 nitrogen and oxygen atoms in total. The number of rotatable bonds is 5. The highest BCUT2D eigenvalue weighted by Crippen LogP contribution is 2.36. The number of fused-ring (bicyclic) bond motifs is 1. The summed E-state index contributed by atoms with van der Waals surface area (Å²) >= 11 is 12.2. The van der Waals surface area contributed by atoms with Gasteiger partial charge in [-0.25, -0.2) is 0 Å². The van der Waals surface area contributed by atoms with Gasteiger partial charge in [-0.15, -0.1) is 0 Å². The fraction of sp³-hybridized carbons (Fsp3) is 0.438. The first kappa shape index (κ1) is 14.9. The maximum absolute atomic E-state index is 12.5. The number of H-pyrrole nitrogens is 1. The van der Waals surface area contributed by atoms with E-state index in [1.165, 1.54) is 0 Å². The average molecular weight is 326 g/mol. The van der Waals surface area contributed by atoms with Gasteiger partial charge in [-0.1, -0.05) is 23.2 Å². The molecule has 1 N–H and O–H groups in total. The topological polar surface area (TPSA) is 42.1 Å². The van der Waals surface area contributed by atoms with Gasteiger partial charge < -0.3 is 9.72 Å². The number of Topliss-reactive ketones (excluding diaryl/α,β-unsaturated/α-hetero) is 1. The van der Waals surface area contributed by atoms with Crippen LogP contribution in [0, 0.1) is 5.92 Å². The predicted octanol–water partition coefficient (Wildman–Crippen LogP) is 4.86. The summed E-state index contributed by atoms with van der Waals surface area (Å²) in [7, 11) is 0. The van der Waals surface area contributed by atoms with Gasteiger partial charge in [0, 0.05) is 40.7 Å². The lowest BCUT2D eigenvalue weighted by atomic mass is 9.78. The SMILES string of the molecule is CCOC1CC(CC(=O)c2c[nH]c3cc(Cl)cc(Cl)c23)C1. The lowest BCUT2D eigenvalue weighted by Gasteiger charge is -2.34. The summed E-state index contributed by atoms with van der Waals surface area (Å²) in [6.45, 7) is 2.74. The van der Waals surface area contributed by atoms with Gasteiger partial charge >= 0.3 is 0 Å². The first-order valence-corrected chi connectivity index (χ1v) is 7.95. The second-order valence-corrected chi connectivity index (χ2v) is 6.40. The van der Waals surface area contributed by atoms with Crippen molar-refractivity contribution in [3.8, 4) is 0 Å². The van der Waals surface area contributed by atoms with Crippen LogP contribution in [-0.2, 0) is 4.74 Å². The Morgan fingerprint density at radius 1 is 1.38 bits per heavy atom. The van der Waals surface area contributed by atoms with E-state index in [2.05, 4.69) is 4.98 Å². The maximum atomic E-state index is 12.5. The molecule has 1 fully saturated rings. The van der Waals surface area contributed by atoms with Crippen molar-refractivity contribution in [2.75, 3.05) is 6.61 Å². The van der Waals surface area contributed by atoms with Crippen LogP contribution >= 0.6 is 23.2 Å².